The minimum Gasteiger partial charge on any atom is -0.325 e. The molecule has 1 atom stereocenters. The van der Waals surface area contributed by atoms with Crippen LogP contribution in [-0.4, -0.2) is 25.9 Å². The number of hydrogen-bond donors (Lipinski definition) is 1. The average molecular weight is 387 g/mol. The van der Waals surface area contributed by atoms with Crippen LogP contribution in [0.25, 0.3) is 5.69 Å². The van der Waals surface area contributed by atoms with Crippen LogP contribution in [-0.2, 0) is 4.79 Å². The Bertz CT molecular complexity index is 924. The molecular formula is C19H19ClN4OS. The molecule has 0 spiro atoms. The van der Waals surface area contributed by atoms with Crippen LogP contribution in [0.5, 0.6) is 0 Å². The third kappa shape index (κ3) is 4.26. The lowest BCUT2D eigenvalue weighted by molar-refractivity contribution is -0.115. The molecule has 5 nitrogen and oxygen atoms in total. The molecule has 26 heavy (non-hydrogen) atoms. The molecule has 0 aliphatic carbocycles. The third-order valence-corrected chi connectivity index (χ3v) is 5.20. The zero-order valence-corrected chi connectivity index (χ0v) is 16.3. The number of anilines is 1. The van der Waals surface area contributed by atoms with Gasteiger partial charge in [-0.2, -0.15) is 0 Å². The van der Waals surface area contributed by atoms with Gasteiger partial charge in [0.15, 0.2) is 5.16 Å². The summed E-state index contributed by atoms with van der Waals surface area (Å²) in [6.45, 7) is 5.95. The van der Waals surface area contributed by atoms with E-state index in [1.165, 1.54) is 17.3 Å². The molecule has 1 aromatic heterocycles. The van der Waals surface area contributed by atoms with Crippen molar-refractivity contribution >= 4 is 35.0 Å². The van der Waals surface area contributed by atoms with Gasteiger partial charge in [-0.3, -0.25) is 9.36 Å². The lowest BCUT2D eigenvalue weighted by atomic mass is 10.1. The van der Waals surface area contributed by atoms with E-state index < -0.39 is 0 Å². The van der Waals surface area contributed by atoms with Crippen LogP contribution >= 0.6 is 23.4 Å². The number of aryl methyl sites for hydroxylation is 2. The van der Waals surface area contributed by atoms with Crippen LogP contribution in [0.3, 0.4) is 0 Å². The Morgan fingerprint density at radius 2 is 1.92 bits per heavy atom. The quantitative estimate of drug-likeness (QED) is 0.648. The molecule has 134 valence electrons. The number of amides is 1. The van der Waals surface area contributed by atoms with Crippen molar-refractivity contribution in [1.82, 2.24) is 14.8 Å². The van der Waals surface area contributed by atoms with Gasteiger partial charge in [0.25, 0.3) is 0 Å². The van der Waals surface area contributed by atoms with E-state index in [-0.39, 0.29) is 11.2 Å². The van der Waals surface area contributed by atoms with Gasteiger partial charge in [-0.1, -0.05) is 41.1 Å². The topological polar surface area (TPSA) is 59.8 Å². The third-order valence-electron chi connectivity index (χ3n) is 3.89. The first kappa shape index (κ1) is 18.5. The summed E-state index contributed by atoms with van der Waals surface area (Å²) < 4.78 is 1.91. The van der Waals surface area contributed by atoms with Crippen molar-refractivity contribution in [1.29, 1.82) is 0 Å². The van der Waals surface area contributed by atoms with Crippen LogP contribution in [0.15, 0.2) is 53.9 Å². The first-order valence-electron chi connectivity index (χ1n) is 8.15. The monoisotopic (exact) mass is 386 g/mol. The molecular weight excluding hydrogens is 368 g/mol. The van der Waals surface area contributed by atoms with E-state index in [4.69, 9.17) is 11.6 Å². The Hall–Kier alpha value is -2.31. The van der Waals surface area contributed by atoms with E-state index in [2.05, 4.69) is 28.5 Å². The SMILES string of the molecule is Cc1ccc(-n2cnnc2SC(C)C(=O)Nc2ccc(Cl)cc2)c(C)c1. The molecule has 0 aliphatic rings. The molecule has 7 heteroatoms. The molecule has 3 aromatic rings. The van der Waals surface area contributed by atoms with E-state index in [1.54, 1.807) is 30.6 Å². The van der Waals surface area contributed by atoms with E-state index in [0.717, 1.165) is 11.3 Å². The maximum atomic E-state index is 12.5. The van der Waals surface area contributed by atoms with Crippen molar-refractivity contribution in [2.75, 3.05) is 5.32 Å². The van der Waals surface area contributed by atoms with Crippen LogP contribution in [0.1, 0.15) is 18.1 Å². The van der Waals surface area contributed by atoms with Crippen LogP contribution in [0.2, 0.25) is 5.02 Å². The number of carbonyl (C=O) groups is 1. The first-order valence-corrected chi connectivity index (χ1v) is 9.40. The first-order chi connectivity index (χ1) is 12.4. The highest BCUT2D eigenvalue weighted by molar-refractivity contribution is 8.00. The minimum absolute atomic E-state index is 0.104. The minimum atomic E-state index is -0.334. The van der Waals surface area contributed by atoms with E-state index in [1.807, 2.05) is 30.5 Å². The van der Waals surface area contributed by atoms with Crippen LogP contribution in [0.4, 0.5) is 5.69 Å². The van der Waals surface area contributed by atoms with Crippen molar-refractivity contribution < 1.29 is 4.79 Å². The predicted octanol–water partition coefficient (Wildman–Crippen LogP) is 4.66. The van der Waals surface area contributed by atoms with Crippen molar-refractivity contribution in [3.63, 3.8) is 0 Å². The highest BCUT2D eigenvalue weighted by atomic mass is 35.5. The summed E-state index contributed by atoms with van der Waals surface area (Å²) in [6, 6.07) is 13.2. The van der Waals surface area contributed by atoms with Gasteiger partial charge >= 0.3 is 0 Å². The van der Waals surface area contributed by atoms with Crippen molar-refractivity contribution in [2.24, 2.45) is 0 Å². The van der Waals surface area contributed by atoms with Gasteiger partial charge in [-0.05, 0) is 56.7 Å². The number of rotatable bonds is 5. The normalized spacial score (nSPS) is 12.0. The molecule has 1 unspecified atom stereocenters. The van der Waals surface area contributed by atoms with Crippen molar-refractivity contribution in [3.8, 4) is 5.69 Å². The number of aromatic nitrogens is 3. The lowest BCUT2D eigenvalue weighted by Crippen LogP contribution is -2.22. The standard InChI is InChI=1S/C19H19ClN4OS/c1-12-4-9-17(13(2)10-12)24-11-21-23-19(24)26-14(3)18(25)22-16-7-5-15(20)6-8-16/h4-11,14H,1-3H3,(H,22,25). The molecule has 0 saturated carbocycles. The second kappa shape index (κ2) is 7.93. The zero-order valence-electron chi connectivity index (χ0n) is 14.7. The van der Waals surface area contributed by atoms with Crippen LogP contribution < -0.4 is 5.32 Å². The lowest BCUT2D eigenvalue weighted by Gasteiger charge is -2.14. The van der Waals surface area contributed by atoms with Crippen molar-refractivity contribution in [3.05, 3.63) is 64.9 Å². The molecule has 0 saturated heterocycles. The summed E-state index contributed by atoms with van der Waals surface area (Å²) in [7, 11) is 0. The van der Waals surface area contributed by atoms with Gasteiger partial charge in [-0.25, -0.2) is 0 Å². The Morgan fingerprint density at radius 1 is 1.19 bits per heavy atom. The number of nitrogens with one attached hydrogen (secondary N) is 1. The fourth-order valence-electron chi connectivity index (χ4n) is 2.53. The number of hydrogen-bond acceptors (Lipinski definition) is 4. The molecule has 0 radical (unpaired) electrons. The Labute approximate surface area is 161 Å². The number of benzene rings is 2. The Balaban J connectivity index is 1.74. The van der Waals surface area contributed by atoms with E-state index in [0.29, 0.717) is 15.9 Å². The van der Waals surface area contributed by atoms with Crippen molar-refractivity contribution in [2.45, 2.75) is 31.2 Å². The maximum Gasteiger partial charge on any atom is 0.237 e. The summed E-state index contributed by atoms with van der Waals surface area (Å²) in [5.74, 6) is -0.104. The number of halogens is 1. The van der Waals surface area contributed by atoms with Gasteiger partial charge in [0, 0.05) is 10.7 Å². The molecule has 1 N–H and O–H groups in total. The summed E-state index contributed by atoms with van der Waals surface area (Å²) >= 11 is 7.24. The van der Waals surface area contributed by atoms with Gasteiger partial charge in [0.1, 0.15) is 6.33 Å². The zero-order chi connectivity index (χ0) is 18.7. The number of thioether (sulfide) groups is 1. The molecule has 1 heterocycles. The largest absolute Gasteiger partial charge is 0.325 e. The highest BCUT2D eigenvalue weighted by Gasteiger charge is 2.19. The Morgan fingerprint density at radius 3 is 2.62 bits per heavy atom. The van der Waals surface area contributed by atoms with Gasteiger partial charge in [0.2, 0.25) is 5.91 Å². The summed E-state index contributed by atoms with van der Waals surface area (Å²) in [5, 5.41) is 12.0. The van der Waals surface area contributed by atoms with Gasteiger partial charge in [0.05, 0.1) is 10.9 Å². The maximum absolute atomic E-state index is 12.5. The molecule has 1 amide bonds. The highest BCUT2D eigenvalue weighted by Crippen LogP contribution is 2.26. The van der Waals surface area contributed by atoms with Gasteiger partial charge in [-0.15, -0.1) is 10.2 Å². The van der Waals surface area contributed by atoms with E-state index >= 15 is 0 Å². The summed E-state index contributed by atoms with van der Waals surface area (Å²) in [6.07, 6.45) is 1.67. The fraction of sp³-hybridized carbons (Fsp3) is 0.211. The Kier molecular flexibility index (Phi) is 5.64. The summed E-state index contributed by atoms with van der Waals surface area (Å²) in [4.78, 5) is 12.5. The smallest absolute Gasteiger partial charge is 0.237 e. The average Bonchev–Trinajstić information content (AvgIpc) is 3.04. The second-order valence-electron chi connectivity index (χ2n) is 6.03. The van der Waals surface area contributed by atoms with E-state index in [9.17, 15) is 4.79 Å². The molecule has 0 aliphatic heterocycles. The number of nitrogens with zero attached hydrogens (tertiary/aromatic N) is 3. The molecule has 0 fully saturated rings. The fourth-order valence-corrected chi connectivity index (χ4v) is 3.50. The van der Waals surface area contributed by atoms with Crippen LogP contribution in [0, 0.1) is 13.8 Å². The predicted molar refractivity (Wildman–Crippen MR) is 106 cm³/mol. The number of carbonyl (C=O) groups excluding carboxylic acids is 1. The molecule has 0 bridgehead atoms. The van der Waals surface area contributed by atoms with Gasteiger partial charge < -0.3 is 5.32 Å². The molecule has 3 rings (SSSR count). The summed E-state index contributed by atoms with van der Waals surface area (Å²) in [5.41, 5.74) is 4.05. The molecule has 2 aromatic carbocycles. The second-order valence-corrected chi connectivity index (χ2v) is 7.77.